The Kier molecular flexibility index (Phi) is 7.19. The molecule has 0 saturated carbocycles. The number of ether oxygens (including phenoxy) is 1. The number of hydrogen-bond acceptors (Lipinski definition) is 7. The number of carbonyl (C=O) groups is 2. The van der Waals surface area contributed by atoms with Gasteiger partial charge in [0.1, 0.15) is 30.0 Å². The molecule has 1 aromatic carbocycles. The lowest BCUT2D eigenvalue weighted by molar-refractivity contribution is -0.131. The minimum atomic E-state index is -1.10. The van der Waals surface area contributed by atoms with Gasteiger partial charge in [0.25, 0.3) is 0 Å². The highest BCUT2D eigenvalue weighted by atomic mass is 19.1. The average Bonchev–Trinajstić information content (AvgIpc) is 3.25. The predicted octanol–water partition coefficient (Wildman–Crippen LogP) is 4.14. The number of cyclic esters (lactones) is 1. The van der Waals surface area contributed by atoms with Gasteiger partial charge in [-0.05, 0) is 44.9 Å². The molecular weight excluding hydrogens is 513 g/mol. The van der Waals surface area contributed by atoms with Gasteiger partial charge < -0.3 is 9.64 Å². The lowest BCUT2D eigenvalue weighted by Crippen LogP contribution is -2.40. The van der Waals surface area contributed by atoms with E-state index in [1.807, 2.05) is 0 Å². The standard InChI is InChI=1S/C27H27F3N6O3/c1-16-32-14-19(27(2)15-36(26(38)39-27)23-6-9-31-22(13-28)34-23)25(33-16)17-7-10-35(11-8-17)24(37)12-18-20(29)4-3-5-21(18)30/h3-6,9,14,17H,7-8,10-13,15H2,1-2H3. The summed E-state index contributed by atoms with van der Waals surface area (Å²) in [7, 11) is 0. The molecule has 1 unspecified atom stereocenters. The van der Waals surface area contributed by atoms with Crippen LogP contribution < -0.4 is 4.90 Å². The fourth-order valence-corrected chi connectivity index (χ4v) is 5.14. The van der Waals surface area contributed by atoms with Gasteiger partial charge in [-0.3, -0.25) is 9.69 Å². The summed E-state index contributed by atoms with van der Waals surface area (Å²) in [5.41, 5.74) is 0.0261. The van der Waals surface area contributed by atoms with Crippen LogP contribution in [0.5, 0.6) is 0 Å². The highest BCUT2D eigenvalue weighted by Gasteiger charge is 2.46. The van der Waals surface area contributed by atoms with Crippen LogP contribution in [0.15, 0.2) is 36.7 Å². The van der Waals surface area contributed by atoms with Crippen LogP contribution >= 0.6 is 0 Å². The smallest absolute Gasteiger partial charge is 0.416 e. The van der Waals surface area contributed by atoms with Crippen molar-refractivity contribution in [2.45, 2.75) is 51.3 Å². The van der Waals surface area contributed by atoms with E-state index >= 15 is 0 Å². The first-order valence-electron chi connectivity index (χ1n) is 12.6. The number of aromatic nitrogens is 4. The highest BCUT2D eigenvalue weighted by molar-refractivity contribution is 5.89. The molecule has 0 aliphatic carbocycles. The number of halogens is 3. The van der Waals surface area contributed by atoms with Crippen LogP contribution in [0.3, 0.4) is 0 Å². The van der Waals surface area contributed by atoms with Crippen LogP contribution in [0.4, 0.5) is 23.8 Å². The molecule has 2 aliphatic rings. The molecule has 2 aliphatic heterocycles. The molecule has 9 nitrogen and oxygen atoms in total. The van der Waals surface area contributed by atoms with Gasteiger partial charge in [0.2, 0.25) is 5.91 Å². The first-order valence-corrected chi connectivity index (χ1v) is 12.6. The van der Waals surface area contributed by atoms with Crippen LogP contribution in [0, 0.1) is 18.6 Å². The molecule has 1 atom stereocenters. The minimum Gasteiger partial charge on any atom is -0.436 e. The number of amides is 2. The van der Waals surface area contributed by atoms with E-state index in [2.05, 4.69) is 15.0 Å². The summed E-state index contributed by atoms with van der Waals surface area (Å²) in [5.74, 6) is -1.13. The van der Waals surface area contributed by atoms with E-state index in [0.29, 0.717) is 37.3 Å². The molecule has 5 rings (SSSR count). The molecule has 39 heavy (non-hydrogen) atoms. The minimum absolute atomic E-state index is 0.0349. The normalized spacial score (nSPS) is 19.9. The Labute approximate surface area is 223 Å². The molecule has 0 N–H and O–H groups in total. The van der Waals surface area contributed by atoms with E-state index in [0.717, 1.165) is 17.8 Å². The molecule has 3 aromatic rings. The number of piperidine rings is 1. The lowest BCUT2D eigenvalue weighted by Gasteiger charge is -2.34. The number of aryl methyl sites for hydroxylation is 1. The maximum Gasteiger partial charge on any atom is 0.416 e. The van der Waals surface area contributed by atoms with Gasteiger partial charge in [0.05, 0.1) is 18.7 Å². The van der Waals surface area contributed by atoms with E-state index in [-0.39, 0.29) is 42.0 Å². The van der Waals surface area contributed by atoms with Crippen molar-refractivity contribution in [2.24, 2.45) is 0 Å². The third-order valence-corrected chi connectivity index (χ3v) is 7.21. The van der Waals surface area contributed by atoms with Crippen molar-refractivity contribution in [1.29, 1.82) is 0 Å². The third-order valence-electron chi connectivity index (χ3n) is 7.21. The summed E-state index contributed by atoms with van der Waals surface area (Å²) in [6.07, 6.45) is 3.19. The Morgan fingerprint density at radius 2 is 1.85 bits per heavy atom. The van der Waals surface area contributed by atoms with E-state index in [1.165, 1.54) is 23.2 Å². The Morgan fingerprint density at radius 3 is 2.54 bits per heavy atom. The van der Waals surface area contributed by atoms with E-state index in [9.17, 15) is 22.8 Å². The maximum atomic E-state index is 14.0. The van der Waals surface area contributed by atoms with Crippen LogP contribution in [0.25, 0.3) is 0 Å². The zero-order valence-electron chi connectivity index (χ0n) is 21.5. The molecular formula is C27H27F3N6O3. The molecule has 0 spiro atoms. The van der Waals surface area contributed by atoms with E-state index in [1.54, 1.807) is 24.9 Å². The van der Waals surface area contributed by atoms with Gasteiger partial charge in [0.15, 0.2) is 11.4 Å². The Morgan fingerprint density at radius 1 is 1.13 bits per heavy atom. The maximum absolute atomic E-state index is 14.0. The molecule has 2 saturated heterocycles. The summed E-state index contributed by atoms with van der Waals surface area (Å²) in [6, 6.07) is 5.05. The molecule has 0 bridgehead atoms. The number of benzene rings is 1. The summed E-state index contributed by atoms with van der Waals surface area (Å²) in [5, 5.41) is 0. The zero-order chi connectivity index (χ0) is 27.7. The van der Waals surface area contributed by atoms with Gasteiger partial charge in [-0.1, -0.05) is 6.07 Å². The lowest BCUT2D eigenvalue weighted by atomic mass is 9.85. The number of rotatable bonds is 6. The highest BCUT2D eigenvalue weighted by Crippen LogP contribution is 2.40. The average molecular weight is 541 g/mol. The zero-order valence-corrected chi connectivity index (χ0v) is 21.5. The number of alkyl halides is 1. The van der Waals surface area contributed by atoms with Crippen LogP contribution in [-0.2, 0) is 28.2 Å². The molecule has 2 amide bonds. The topological polar surface area (TPSA) is 101 Å². The molecule has 0 radical (unpaired) electrons. The summed E-state index contributed by atoms with van der Waals surface area (Å²) in [4.78, 5) is 45.6. The van der Waals surface area contributed by atoms with E-state index < -0.39 is 30.0 Å². The second-order valence-corrected chi connectivity index (χ2v) is 9.90. The van der Waals surface area contributed by atoms with Gasteiger partial charge in [-0.2, -0.15) is 0 Å². The first-order chi connectivity index (χ1) is 18.7. The molecule has 2 fully saturated rings. The van der Waals surface area contributed by atoms with Crippen molar-refractivity contribution in [3.63, 3.8) is 0 Å². The molecule has 2 aromatic heterocycles. The van der Waals surface area contributed by atoms with Crippen LogP contribution in [-0.4, -0.2) is 56.5 Å². The largest absolute Gasteiger partial charge is 0.436 e. The van der Waals surface area contributed by atoms with Crippen molar-refractivity contribution in [3.05, 3.63) is 76.8 Å². The number of likely N-dealkylation sites (tertiary alicyclic amines) is 1. The van der Waals surface area contributed by atoms with E-state index in [4.69, 9.17) is 9.72 Å². The van der Waals surface area contributed by atoms with Gasteiger partial charge in [-0.15, -0.1) is 0 Å². The van der Waals surface area contributed by atoms with Gasteiger partial charge in [-0.25, -0.2) is 37.9 Å². The van der Waals surface area contributed by atoms with Crippen molar-refractivity contribution >= 4 is 17.8 Å². The first kappa shape index (κ1) is 26.5. The second-order valence-electron chi connectivity index (χ2n) is 9.90. The summed E-state index contributed by atoms with van der Waals surface area (Å²) in [6.45, 7) is 3.56. The van der Waals surface area contributed by atoms with Crippen molar-refractivity contribution in [3.8, 4) is 0 Å². The monoisotopic (exact) mass is 540 g/mol. The SMILES string of the molecule is Cc1ncc(C2(C)CN(c3ccnc(CF)n3)C(=O)O2)c(C2CCN(C(=O)Cc3c(F)cccc3F)CC2)n1. The molecule has 12 heteroatoms. The Balaban J connectivity index is 1.33. The Hall–Kier alpha value is -4.09. The number of anilines is 1. The second kappa shape index (κ2) is 10.6. The quantitative estimate of drug-likeness (QED) is 0.463. The van der Waals surface area contributed by atoms with Crippen LogP contribution in [0.1, 0.15) is 54.2 Å². The number of carbonyl (C=O) groups excluding carboxylic acids is 2. The van der Waals surface area contributed by atoms with Crippen molar-refractivity contribution < 1.29 is 27.5 Å². The third kappa shape index (κ3) is 5.27. The predicted molar refractivity (Wildman–Crippen MR) is 133 cm³/mol. The fourth-order valence-electron chi connectivity index (χ4n) is 5.14. The number of nitrogens with zero attached hydrogens (tertiary/aromatic N) is 6. The van der Waals surface area contributed by atoms with Gasteiger partial charge in [0, 0.05) is 42.5 Å². The molecule has 204 valence electrons. The summed E-state index contributed by atoms with van der Waals surface area (Å²) < 4.78 is 47.0. The van der Waals surface area contributed by atoms with Crippen molar-refractivity contribution in [1.82, 2.24) is 24.8 Å². The van der Waals surface area contributed by atoms with Gasteiger partial charge >= 0.3 is 6.09 Å². The van der Waals surface area contributed by atoms with Crippen molar-refractivity contribution in [2.75, 3.05) is 24.5 Å². The fraction of sp³-hybridized carbons (Fsp3) is 0.407. The summed E-state index contributed by atoms with van der Waals surface area (Å²) >= 11 is 0. The Bertz CT molecular complexity index is 1400. The van der Waals surface area contributed by atoms with Crippen LogP contribution in [0.2, 0.25) is 0 Å². The molecule has 4 heterocycles. The number of hydrogen-bond donors (Lipinski definition) is 0.